The smallest absolute Gasteiger partial charge is 0.291 e. The van der Waals surface area contributed by atoms with Crippen molar-refractivity contribution in [3.05, 3.63) is 48.4 Å². The molecule has 0 unspecified atom stereocenters. The van der Waals surface area contributed by atoms with Crippen LogP contribution in [0.25, 0.3) is 0 Å². The molecule has 1 aliphatic rings. The lowest BCUT2D eigenvalue weighted by Gasteiger charge is -2.29. The third kappa shape index (κ3) is 3.50. The molecule has 8 heteroatoms. The van der Waals surface area contributed by atoms with Crippen LogP contribution in [0.2, 0.25) is 0 Å². The summed E-state index contributed by atoms with van der Waals surface area (Å²) in [5.41, 5.74) is 0.467. The topological polar surface area (TPSA) is 99.9 Å². The number of furan rings is 1. The van der Waals surface area contributed by atoms with Crippen molar-refractivity contribution in [3.8, 4) is 0 Å². The summed E-state index contributed by atoms with van der Waals surface area (Å²) in [7, 11) is -3.64. The zero-order valence-electron chi connectivity index (χ0n) is 12.9. The van der Waals surface area contributed by atoms with Crippen molar-refractivity contribution in [1.29, 1.82) is 0 Å². The number of nitrogens with one attached hydrogen (secondary N) is 1. The molecule has 0 aliphatic carbocycles. The molecule has 2 heterocycles. The van der Waals surface area contributed by atoms with Crippen molar-refractivity contribution in [2.45, 2.75) is 23.8 Å². The summed E-state index contributed by atoms with van der Waals surface area (Å²) in [6, 6.07) is 9.07. The van der Waals surface area contributed by atoms with Crippen LogP contribution in [0, 0.1) is 0 Å². The molecule has 7 nitrogen and oxygen atoms in total. The van der Waals surface area contributed by atoms with Crippen molar-refractivity contribution < 1.29 is 22.7 Å². The summed E-state index contributed by atoms with van der Waals surface area (Å²) >= 11 is 0. The van der Waals surface area contributed by atoms with Gasteiger partial charge in [0, 0.05) is 18.8 Å². The van der Waals surface area contributed by atoms with Gasteiger partial charge in [0.25, 0.3) is 5.91 Å². The summed E-state index contributed by atoms with van der Waals surface area (Å²) in [5, 5.41) is 12.3. The highest BCUT2D eigenvalue weighted by atomic mass is 32.2. The largest absolute Gasteiger partial charge is 0.459 e. The normalized spacial score (nSPS) is 19.1. The van der Waals surface area contributed by atoms with Gasteiger partial charge in [-0.1, -0.05) is 0 Å². The number of β-amino-alcohol motifs (C(OH)–C–C–N with tert-alkyl or cyclic N) is 1. The molecule has 128 valence electrons. The van der Waals surface area contributed by atoms with Crippen molar-refractivity contribution in [1.82, 2.24) is 4.31 Å². The number of piperidine rings is 1. The SMILES string of the molecule is O=C(Nc1ccc(S(=O)(=O)N2CCC[C@H](O)C2)cc1)c1ccco1. The van der Waals surface area contributed by atoms with Crippen LogP contribution in [-0.4, -0.2) is 42.9 Å². The van der Waals surface area contributed by atoms with Gasteiger partial charge in [0.05, 0.1) is 17.3 Å². The van der Waals surface area contributed by atoms with Gasteiger partial charge in [-0.3, -0.25) is 4.79 Å². The standard InChI is InChI=1S/C16H18N2O5S/c19-13-3-1-9-18(11-13)24(21,22)14-7-5-12(6-8-14)17-16(20)15-4-2-10-23-15/h2,4-8,10,13,19H,1,3,9,11H2,(H,17,20)/t13-/m0/s1. The van der Waals surface area contributed by atoms with E-state index in [1.54, 1.807) is 6.07 Å². The highest BCUT2D eigenvalue weighted by molar-refractivity contribution is 7.89. The zero-order chi connectivity index (χ0) is 17.2. The Morgan fingerprint density at radius 2 is 2.00 bits per heavy atom. The van der Waals surface area contributed by atoms with E-state index in [0.29, 0.717) is 25.1 Å². The molecule has 2 aromatic rings. The molecular formula is C16H18N2O5S. The van der Waals surface area contributed by atoms with Crippen LogP contribution in [0.5, 0.6) is 0 Å². The number of benzene rings is 1. The second kappa shape index (κ2) is 6.76. The molecule has 1 aliphatic heterocycles. The minimum atomic E-state index is -3.64. The third-order valence-corrected chi connectivity index (χ3v) is 5.73. The van der Waals surface area contributed by atoms with E-state index in [1.165, 1.54) is 40.9 Å². The molecule has 0 radical (unpaired) electrons. The van der Waals surface area contributed by atoms with Gasteiger partial charge in [-0.15, -0.1) is 0 Å². The Bertz CT molecular complexity index is 800. The molecule has 24 heavy (non-hydrogen) atoms. The van der Waals surface area contributed by atoms with Gasteiger partial charge in [-0.05, 0) is 49.2 Å². The summed E-state index contributed by atoms with van der Waals surface area (Å²) in [6.45, 7) is 0.510. The van der Waals surface area contributed by atoms with Crippen LogP contribution < -0.4 is 5.32 Å². The zero-order valence-corrected chi connectivity index (χ0v) is 13.7. The number of amides is 1. The highest BCUT2D eigenvalue weighted by Gasteiger charge is 2.29. The Morgan fingerprint density at radius 3 is 2.62 bits per heavy atom. The van der Waals surface area contributed by atoms with Gasteiger partial charge in [0.2, 0.25) is 10.0 Å². The van der Waals surface area contributed by atoms with E-state index >= 15 is 0 Å². The number of anilines is 1. The molecular weight excluding hydrogens is 332 g/mol. The molecule has 0 spiro atoms. The maximum atomic E-state index is 12.6. The van der Waals surface area contributed by atoms with Gasteiger partial charge in [0.15, 0.2) is 5.76 Å². The highest BCUT2D eigenvalue weighted by Crippen LogP contribution is 2.22. The fourth-order valence-corrected chi connectivity index (χ4v) is 4.11. The predicted molar refractivity (Wildman–Crippen MR) is 87.1 cm³/mol. The van der Waals surface area contributed by atoms with Crippen molar-refractivity contribution in [3.63, 3.8) is 0 Å². The van der Waals surface area contributed by atoms with Crippen LogP contribution in [0.4, 0.5) is 5.69 Å². The Hall–Kier alpha value is -2.16. The van der Waals surface area contributed by atoms with E-state index in [9.17, 15) is 18.3 Å². The molecule has 1 amide bonds. The van der Waals surface area contributed by atoms with E-state index < -0.39 is 22.0 Å². The fourth-order valence-electron chi connectivity index (χ4n) is 2.60. The molecule has 1 saturated heterocycles. The second-order valence-corrected chi connectivity index (χ2v) is 7.55. The minimum Gasteiger partial charge on any atom is -0.459 e. The lowest BCUT2D eigenvalue weighted by molar-refractivity contribution is 0.0996. The lowest BCUT2D eigenvalue weighted by atomic mass is 10.1. The number of aliphatic hydroxyl groups excluding tert-OH is 1. The Balaban J connectivity index is 1.73. The van der Waals surface area contributed by atoms with Gasteiger partial charge in [-0.25, -0.2) is 8.42 Å². The number of hydrogen-bond donors (Lipinski definition) is 2. The van der Waals surface area contributed by atoms with Gasteiger partial charge >= 0.3 is 0 Å². The number of hydrogen-bond acceptors (Lipinski definition) is 5. The lowest BCUT2D eigenvalue weighted by Crippen LogP contribution is -2.42. The first-order chi connectivity index (χ1) is 11.5. The average molecular weight is 350 g/mol. The molecule has 0 saturated carbocycles. The Labute approximate surface area is 139 Å². The molecule has 3 rings (SSSR count). The number of rotatable bonds is 4. The first-order valence-electron chi connectivity index (χ1n) is 7.60. The first-order valence-corrected chi connectivity index (χ1v) is 9.04. The fraction of sp³-hybridized carbons (Fsp3) is 0.312. The molecule has 1 aromatic heterocycles. The Kier molecular flexibility index (Phi) is 4.70. The van der Waals surface area contributed by atoms with Crippen LogP contribution >= 0.6 is 0 Å². The van der Waals surface area contributed by atoms with Crippen molar-refractivity contribution in [2.24, 2.45) is 0 Å². The van der Waals surface area contributed by atoms with Crippen LogP contribution in [0.15, 0.2) is 52.0 Å². The maximum absolute atomic E-state index is 12.6. The molecule has 1 fully saturated rings. The van der Waals surface area contributed by atoms with E-state index in [1.807, 2.05) is 0 Å². The Morgan fingerprint density at radius 1 is 1.25 bits per heavy atom. The maximum Gasteiger partial charge on any atom is 0.291 e. The monoisotopic (exact) mass is 350 g/mol. The van der Waals surface area contributed by atoms with Gasteiger partial charge in [0.1, 0.15) is 0 Å². The first kappa shape index (κ1) is 16.7. The number of nitrogens with zero attached hydrogens (tertiary/aromatic N) is 1. The molecule has 0 bridgehead atoms. The number of sulfonamides is 1. The number of carbonyl (C=O) groups is 1. The van der Waals surface area contributed by atoms with Crippen LogP contribution in [0.3, 0.4) is 0 Å². The van der Waals surface area contributed by atoms with E-state index in [0.717, 1.165) is 0 Å². The predicted octanol–water partition coefficient (Wildman–Crippen LogP) is 1.68. The average Bonchev–Trinajstić information content (AvgIpc) is 3.10. The summed E-state index contributed by atoms with van der Waals surface area (Å²) in [4.78, 5) is 12.0. The number of aliphatic hydroxyl groups is 1. The summed E-state index contributed by atoms with van der Waals surface area (Å²) in [5.74, 6) is -0.233. The molecule has 1 atom stereocenters. The van der Waals surface area contributed by atoms with Crippen LogP contribution in [0.1, 0.15) is 23.4 Å². The number of carbonyl (C=O) groups excluding carboxylic acids is 1. The van der Waals surface area contributed by atoms with Gasteiger partial charge < -0.3 is 14.8 Å². The van der Waals surface area contributed by atoms with Crippen molar-refractivity contribution in [2.75, 3.05) is 18.4 Å². The minimum absolute atomic E-state index is 0.110. The third-order valence-electron chi connectivity index (χ3n) is 3.85. The summed E-state index contributed by atoms with van der Waals surface area (Å²) < 4.78 is 31.4. The molecule has 1 aromatic carbocycles. The van der Waals surface area contributed by atoms with E-state index in [4.69, 9.17) is 4.42 Å². The molecule has 2 N–H and O–H groups in total. The summed E-state index contributed by atoms with van der Waals surface area (Å²) in [6.07, 6.45) is 2.03. The van der Waals surface area contributed by atoms with Gasteiger partial charge in [-0.2, -0.15) is 4.31 Å². The second-order valence-electron chi connectivity index (χ2n) is 5.61. The van der Waals surface area contributed by atoms with E-state index in [2.05, 4.69) is 5.32 Å². The van der Waals surface area contributed by atoms with Crippen molar-refractivity contribution >= 4 is 21.6 Å². The quantitative estimate of drug-likeness (QED) is 0.874. The van der Waals surface area contributed by atoms with E-state index in [-0.39, 0.29) is 17.2 Å². The van der Waals surface area contributed by atoms with Crippen LogP contribution in [-0.2, 0) is 10.0 Å².